The molecule has 0 saturated heterocycles. The first-order valence-corrected chi connectivity index (χ1v) is 6.12. The van der Waals surface area contributed by atoms with Crippen molar-refractivity contribution in [1.82, 2.24) is 5.32 Å². The Bertz CT molecular complexity index is 434. The molecule has 0 spiro atoms. The number of hydrogen-bond donors (Lipinski definition) is 1. The van der Waals surface area contributed by atoms with Crippen molar-refractivity contribution in [1.29, 1.82) is 0 Å². The van der Waals surface area contributed by atoms with E-state index in [1.807, 2.05) is 19.2 Å². The standard InChI is InChI=1S/C15H20N2/c1-4-9-16-12(2)11-17-13(3)10-14-7-5-6-8-15(14)17/h4-9,13,16H,2,10-11H2,1,3H3/b9-4-. The van der Waals surface area contributed by atoms with Gasteiger partial charge in [-0.3, -0.25) is 0 Å². The predicted molar refractivity (Wildman–Crippen MR) is 74.0 cm³/mol. The van der Waals surface area contributed by atoms with Gasteiger partial charge in [-0.25, -0.2) is 0 Å². The van der Waals surface area contributed by atoms with E-state index in [1.54, 1.807) is 0 Å². The number of nitrogens with one attached hydrogen (secondary N) is 1. The molecular formula is C15H20N2. The van der Waals surface area contributed by atoms with E-state index in [1.165, 1.54) is 11.3 Å². The zero-order valence-corrected chi connectivity index (χ0v) is 10.6. The molecule has 90 valence electrons. The third-order valence-electron chi connectivity index (χ3n) is 3.16. The minimum absolute atomic E-state index is 0.552. The van der Waals surface area contributed by atoms with Crippen LogP contribution in [0, 0.1) is 0 Å². The summed E-state index contributed by atoms with van der Waals surface area (Å²) in [7, 11) is 0. The van der Waals surface area contributed by atoms with Crippen molar-refractivity contribution >= 4 is 5.69 Å². The number of nitrogens with zero attached hydrogens (tertiary/aromatic N) is 1. The minimum atomic E-state index is 0.552. The summed E-state index contributed by atoms with van der Waals surface area (Å²) in [6, 6.07) is 9.18. The lowest BCUT2D eigenvalue weighted by Gasteiger charge is -2.25. The molecule has 2 rings (SSSR count). The van der Waals surface area contributed by atoms with Crippen LogP contribution < -0.4 is 10.2 Å². The highest BCUT2D eigenvalue weighted by molar-refractivity contribution is 5.59. The molecule has 1 aromatic carbocycles. The molecule has 1 atom stereocenters. The quantitative estimate of drug-likeness (QED) is 0.852. The smallest absolute Gasteiger partial charge is 0.0577 e. The van der Waals surface area contributed by atoms with E-state index in [9.17, 15) is 0 Å². The second-order valence-electron chi connectivity index (χ2n) is 4.56. The summed E-state index contributed by atoms with van der Waals surface area (Å²) >= 11 is 0. The van der Waals surface area contributed by atoms with Crippen molar-refractivity contribution in [3.63, 3.8) is 0 Å². The maximum Gasteiger partial charge on any atom is 0.0577 e. The van der Waals surface area contributed by atoms with Crippen LogP contribution in [-0.2, 0) is 6.42 Å². The summed E-state index contributed by atoms with van der Waals surface area (Å²) in [5, 5.41) is 3.19. The molecule has 0 radical (unpaired) electrons. The van der Waals surface area contributed by atoms with Crippen LogP contribution in [0.5, 0.6) is 0 Å². The molecule has 1 N–H and O–H groups in total. The van der Waals surface area contributed by atoms with Crippen LogP contribution in [0.3, 0.4) is 0 Å². The molecule has 0 saturated carbocycles. The van der Waals surface area contributed by atoms with E-state index < -0.39 is 0 Å². The van der Waals surface area contributed by atoms with Gasteiger partial charge in [0.25, 0.3) is 0 Å². The largest absolute Gasteiger partial charge is 0.364 e. The average molecular weight is 228 g/mol. The zero-order valence-electron chi connectivity index (χ0n) is 10.6. The lowest BCUT2D eigenvalue weighted by atomic mass is 10.1. The van der Waals surface area contributed by atoms with Crippen LogP contribution in [-0.4, -0.2) is 12.6 Å². The van der Waals surface area contributed by atoms with Crippen molar-refractivity contribution in [3.05, 3.63) is 54.4 Å². The van der Waals surface area contributed by atoms with Crippen molar-refractivity contribution < 1.29 is 0 Å². The summed E-state index contributed by atoms with van der Waals surface area (Å²) in [4.78, 5) is 2.41. The lowest BCUT2D eigenvalue weighted by molar-refractivity contribution is 0.688. The number of benzene rings is 1. The van der Waals surface area contributed by atoms with Gasteiger partial charge in [0, 0.05) is 17.4 Å². The van der Waals surface area contributed by atoms with E-state index in [4.69, 9.17) is 0 Å². The molecule has 2 nitrogen and oxygen atoms in total. The predicted octanol–water partition coefficient (Wildman–Crippen LogP) is 3.07. The zero-order chi connectivity index (χ0) is 12.3. The molecule has 0 amide bonds. The molecule has 1 unspecified atom stereocenters. The van der Waals surface area contributed by atoms with Crippen LogP contribution in [0.25, 0.3) is 0 Å². The number of fused-ring (bicyclic) bond motifs is 1. The molecule has 1 heterocycles. The number of hydrogen-bond acceptors (Lipinski definition) is 2. The minimum Gasteiger partial charge on any atom is -0.364 e. The monoisotopic (exact) mass is 228 g/mol. The Balaban J connectivity index is 2.09. The van der Waals surface area contributed by atoms with Crippen LogP contribution in [0.4, 0.5) is 5.69 Å². The molecule has 0 aliphatic carbocycles. The van der Waals surface area contributed by atoms with Gasteiger partial charge in [0.05, 0.1) is 6.54 Å². The Hall–Kier alpha value is -1.70. The van der Waals surface area contributed by atoms with Crippen molar-refractivity contribution in [2.75, 3.05) is 11.4 Å². The van der Waals surface area contributed by atoms with E-state index in [-0.39, 0.29) is 0 Å². The first-order valence-electron chi connectivity index (χ1n) is 6.12. The Labute approximate surface area is 104 Å². The summed E-state index contributed by atoms with van der Waals surface area (Å²) < 4.78 is 0. The molecule has 1 aliphatic heterocycles. The fourth-order valence-electron chi connectivity index (χ4n) is 2.32. The molecule has 0 bridgehead atoms. The normalized spacial score (nSPS) is 18.5. The van der Waals surface area contributed by atoms with Gasteiger partial charge in [0.2, 0.25) is 0 Å². The summed E-state index contributed by atoms with van der Waals surface area (Å²) in [6.45, 7) is 9.18. The van der Waals surface area contributed by atoms with Gasteiger partial charge >= 0.3 is 0 Å². The lowest BCUT2D eigenvalue weighted by Crippen LogP contribution is -2.33. The van der Waals surface area contributed by atoms with Gasteiger partial charge < -0.3 is 10.2 Å². The molecule has 0 aromatic heterocycles. The number of anilines is 1. The molecular weight excluding hydrogens is 208 g/mol. The first-order chi connectivity index (χ1) is 8.22. The number of allylic oxidation sites excluding steroid dienone is 1. The first kappa shape index (κ1) is 11.8. The second-order valence-corrected chi connectivity index (χ2v) is 4.56. The molecule has 17 heavy (non-hydrogen) atoms. The van der Waals surface area contributed by atoms with E-state index in [0.29, 0.717) is 6.04 Å². The van der Waals surface area contributed by atoms with Crippen molar-refractivity contribution in [2.45, 2.75) is 26.3 Å². The maximum atomic E-state index is 4.06. The Morgan fingerprint density at radius 3 is 3.06 bits per heavy atom. The summed E-state index contributed by atoms with van der Waals surface area (Å²) in [5.74, 6) is 0. The highest BCUT2D eigenvalue weighted by atomic mass is 15.2. The van der Waals surface area contributed by atoms with Crippen LogP contribution in [0.1, 0.15) is 19.4 Å². The highest BCUT2D eigenvalue weighted by Crippen LogP contribution is 2.31. The molecule has 1 aliphatic rings. The molecule has 1 aromatic rings. The molecule has 0 fully saturated rings. The van der Waals surface area contributed by atoms with Gasteiger partial charge in [-0.2, -0.15) is 0 Å². The fourth-order valence-corrected chi connectivity index (χ4v) is 2.32. The van der Waals surface area contributed by atoms with Gasteiger partial charge in [0.1, 0.15) is 0 Å². The van der Waals surface area contributed by atoms with Crippen LogP contribution in [0.15, 0.2) is 48.8 Å². The Morgan fingerprint density at radius 1 is 1.53 bits per heavy atom. The topological polar surface area (TPSA) is 15.3 Å². The number of para-hydroxylation sites is 1. The summed E-state index contributed by atoms with van der Waals surface area (Å²) in [6.07, 6.45) is 5.04. The molecule has 2 heteroatoms. The van der Waals surface area contributed by atoms with E-state index >= 15 is 0 Å². The highest BCUT2D eigenvalue weighted by Gasteiger charge is 2.25. The van der Waals surface area contributed by atoms with Crippen molar-refractivity contribution in [2.24, 2.45) is 0 Å². The summed E-state index contributed by atoms with van der Waals surface area (Å²) in [5.41, 5.74) is 3.83. The van der Waals surface area contributed by atoms with Crippen LogP contribution in [0.2, 0.25) is 0 Å². The van der Waals surface area contributed by atoms with E-state index in [2.05, 4.69) is 48.0 Å². The third-order valence-corrected chi connectivity index (χ3v) is 3.16. The van der Waals surface area contributed by atoms with Crippen LogP contribution >= 0.6 is 0 Å². The average Bonchev–Trinajstić information content (AvgIpc) is 2.64. The third kappa shape index (κ3) is 2.52. The Morgan fingerprint density at radius 2 is 2.29 bits per heavy atom. The van der Waals surface area contributed by atoms with Gasteiger partial charge in [-0.15, -0.1) is 0 Å². The fraction of sp³-hybridized carbons (Fsp3) is 0.333. The number of rotatable bonds is 4. The van der Waals surface area contributed by atoms with Gasteiger partial charge in [0.15, 0.2) is 0 Å². The second kappa shape index (κ2) is 5.09. The maximum absolute atomic E-state index is 4.06. The SMILES string of the molecule is C=C(CN1c2ccccc2CC1C)N/C=C\C. The van der Waals surface area contributed by atoms with Gasteiger partial charge in [-0.05, 0) is 38.1 Å². The van der Waals surface area contributed by atoms with Crippen molar-refractivity contribution in [3.8, 4) is 0 Å². The van der Waals surface area contributed by atoms with Gasteiger partial charge in [-0.1, -0.05) is 30.9 Å². The Kier molecular flexibility index (Phi) is 3.52. The van der Waals surface area contributed by atoms with E-state index in [0.717, 1.165) is 18.7 Å².